The summed E-state index contributed by atoms with van der Waals surface area (Å²) in [6.07, 6.45) is 8.03. The normalized spacial score (nSPS) is 14.2. The molecule has 4 fully saturated rings. The Kier molecular flexibility index (Phi) is 37.2. The van der Waals surface area contributed by atoms with Crippen LogP contribution in [0.5, 0.6) is 17.2 Å². The zero-order valence-electron chi connectivity index (χ0n) is 75.4. The highest BCUT2D eigenvalue weighted by atomic mass is 19.1. The minimum atomic E-state index is -0.314. The summed E-state index contributed by atoms with van der Waals surface area (Å²) in [5.41, 5.74) is 20.1. The smallest absolute Gasteiger partial charge is 0.226 e. The van der Waals surface area contributed by atoms with Crippen molar-refractivity contribution in [2.24, 2.45) is 0 Å². The number of halogens is 1. The molecule has 676 valence electrons. The molecule has 0 unspecified atom stereocenters. The Morgan fingerprint density at radius 1 is 0.354 bits per heavy atom. The average Bonchev–Trinajstić information content (AvgIpc) is 0.838. The van der Waals surface area contributed by atoms with Gasteiger partial charge in [0.25, 0.3) is 0 Å². The molecule has 22 heteroatoms. The number of piperazine rings is 1. The van der Waals surface area contributed by atoms with E-state index in [1.807, 2.05) is 227 Å². The van der Waals surface area contributed by atoms with Crippen molar-refractivity contribution in [1.29, 1.82) is 0 Å². The molecule has 130 heavy (non-hydrogen) atoms. The minimum Gasteiger partial charge on any atom is -0.492 e. The Balaban J connectivity index is 0.000000148. The Bertz CT molecular complexity index is 5460. The topological polar surface area (TPSA) is 215 Å². The number of nitrogens with one attached hydrogen (secondary N) is 3. The van der Waals surface area contributed by atoms with E-state index < -0.39 is 0 Å². The predicted molar refractivity (Wildman–Crippen MR) is 512 cm³/mol. The van der Waals surface area contributed by atoms with Crippen LogP contribution >= 0.6 is 0 Å². The SMILES string of the molecule is Cc1cccc(CNC(=O)Cc2ccc(-c3ccc(N4CCOCC4)cc3)cn2)c1.Cc1cccc(CNC(=O)Cc2ccc(-c3ccc(OCCN4CCN(C)CC4)cc3F)cc2)c1.Cc1cccc(CNC(=O)Cc2ccc(-c3ccc(OCCN4CCOCC4)cc3)cn2)c1.O=C(CCc1ccccc1)Cc1ccc(-c2ccc(OCCN3CCOCC3)cc2)cn1. The van der Waals surface area contributed by atoms with E-state index in [0.717, 1.165) is 221 Å². The fourth-order valence-electron chi connectivity index (χ4n) is 15.5. The third-order valence-corrected chi connectivity index (χ3v) is 23.1. The Morgan fingerprint density at radius 3 is 1.15 bits per heavy atom. The fraction of sp³-hybridized carbons (Fsp3) is 0.324. The molecular formula is C108H122FN11O10. The van der Waals surface area contributed by atoms with Crippen molar-refractivity contribution in [2.45, 2.75) is 78.9 Å². The number of pyridine rings is 3. The number of anilines is 1. The summed E-state index contributed by atoms with van der Waals surface area (Å²) in [6.45, 7) is 27.0. The molecule has 0 spiro atoms. The maximum absolute atomic E-state index is 14.8. The van der Waals surface area contributed by atoms with E-state index in [-0.39, 0.29) is 48.6 Å². The van der Waals surface area contributed by atoms with E-state index in [9.17, 15) is 23.6 Å². The molecule has 0 aliphatic carbocycles. The number of carbonyl (C=O) groups is 4. The van der Waals surface area contributed by atoms with Gasteiger partial charge in [-0.2, -0.15) is 0 Å². The lowest BCUT2D eigenvalue weighted by Gasteiger charge is -2.32. The van der Waals surface area contributed by atoms with Crippen LogP contribution in [0, 0.1) is 26.6 Å². The first-order valence-electron chi connectivity index (χ1n) is 45.3. The predicted octanol–water partition coefficient (Wildman–Crippen LogP) is 15.9. The third-order valence-electron chi connectivity index (χ3n) is 23.1. The van der Waals surface area contributed by atoms with Gasteiger partial charge in [0.15, 0.2) is 0 Å². The number of rotatable bonds is 34. The van der Waals surface area contributed by atoms with E-state index >= 15 is 0 Å². The van der Waals surface area contributed by atoms with Gasteiger partial charge in [-0.05, 0) is 151 Å². The van der Waals surface area contributed by atoms with Crippen LogP contribution in [0.3, 0.4) is 0 Å². The van der Waals surface area contributed by atoms with Crippen LogP contribution in [-0.4, -0.2) is 210 Å². The van der Waals surface area contributed by atoms with Crippen LogP contribution in [0.15, 0.2) is 273 Å². The summed E-state index contributed by atoms with van der Waals surface area (Å²) in [7, 11) is 2.14. The van der Waals surface area contributed by atoms with Crippen molar-refractivity contribution in [3.8, 4) is 61.8 Å². The summed E-state index contributed by atoms with van der Waals surface area (Å²) in [4.78, 5) is 74.4. The fourth-order valence-corrected chi connectivity index (χ4v) is 15.5. The van der Waals surface area contributed by atoms with Gasteiger partial charge in [0.1, 0.15) is 48.7 Å². The highest BCUT2D eigenvalue weighted by Crippen LogP contribution is 2.30. The lowest BCUT2D eigenvalue weighted by molar-refractivity contribution is -0.121. The van der Waals surface area contributed by atoms with E-state index in [1.165, 1.54) is 34.0 Å². The van der Waals surface area contributed by atoms with Crippen LogP contribution in [0.2, 0.25) is 0 Å². The molecule has 3 N–H and O–H groups in total. The molecule has 12 aromatic rings. The summed E-state index contributed by atoms with van der Waals surface area (Å²) in [6, 6.07) is 83.5. The van der Waals surface area contributed by atoms with Gasteiger partial charge in [-0.1, -0.05) is 199 Å². The van der Waals surface area contributed by atoms with Crippen LogP contribution in [0.1, 0.15) is 68.0 Å². The van der Waals surface area contributed by atoms with Crippen LogP contribution in [-0.2, 0) is 85.1 Å². The quantitative estimate of drug-likeness (QED) is 0.0342. The van der Waals surface area contributed by atoms with Crippen molar-refractivity contribution >= 4 is 29.2 Å². The van der Waals surface area contributed by atoms with E-state index in [0.29, 0.717) is 63.6 Å². The standard InChI is InChI=1S/C29H34FN3O2.C27H31N3O3.C27H30N2O3.C25H27N3O2/c1-22-4-3-5-24(18-22)21-31-29(34)19-23-6-8-25(9-7-23)27-11-10-26(20-28(27)30)35-17-16-33-14-12-32(2)13-15-33;1-21-3-2-4-22(17-21)19-29-27(31)18-25-8-5-24(20-28-25)23-6-9-26(10-7-23)33-16-13-30-11-14-32-15-12-30;30-26(11-6-22-4-2-1-3-5-22)20-25-10-7-24(21-28-25)23-8-12-27(13-9-23)32-19-16-29-14-17-31-18-15-29;1-19-3-2-4-20(15-19)17-27-25(29)16-23-8-5-22(18-26-23)21-6-9-24(10-7-21)28-11-13-30-14-12-28/h3-11,18,20H,12-17,19,21H2,1-2H3,(H,31,34);2-10,17,20H,11-16,18-19H2,1H3,(H,29,31);1-5,7-10,12-13,21H,6,11,14-20H2;2-10,15,18H,11-14,16-17H2,1H3,(H,27,29). The van der Waals surface area contributed by atoms with Gasteiger partial charge >= 0.3 is 0 Å². The van der Waals surface area contributed by atoms with Crippen LogP contribution < -0.4 is 35.1 Å². The molecule has 4 saturated heterocycles. The van der Waals surface area contributed by atoms with Gasteiger partial charge in [-0.3, -0.25) is 48.8 Å². The highest BCUT2D eigenvalue weighted by molar-refractivity contribution is 5.82. The molecule has 0 saturated carbocycles. The molecule has 21 nitrogen and oxygen atoms in total. The first-order valence-corrected chi connectivity index (χ1v) is 45.3. The lowest BCUT2D eigenvalue weighted by atomic mass is 10.0. The first kappa shape index (κ1) is 95.0. The van der Waals surface area contributed by atoms with Crippen molar-refractivity contribution in [1.82, 2.24) is 50.5 Å². The average molecular weight is 1750 g/mol. The van der Waals surface area contributed by atoms with Gasteiger partial charge in [-0.25, -0.2) is 4.39 Å². The molecular weight excluding hydrogens is 1630 g/mol. The third kappa shape index (κ3) is 32.2. The summed E-state index contributed by atoms with van der Waals surface area (Å²) in [5.74, 6) is 2.09. The number of Topliss-reactive ketones (excluding diaryl/α,β-unsaturated/α-hetero) is 1. The van der Waals surface area contributed by atoms with Gasteiger partial charge in [0, 0.05) is 187 Å². The van der Waals surface area contributed by atoms with Gasteiger partial charge in [0.05, 0.1) is 58.9 Å². The molecule has 4 aliphatic heterocycles. The maximum atomic E-state index is 14.8. The second-order valence-corrected chi connectivity index (χ2v) is 33.3. The molecule has 3 amide bonds. The zero-order chi connectivity index (χ0) is 90.3. The molecule has 9 aromatic carbocycles. The number of aromatic nitrogens is 3. The Labute approximate surface area is 765 Å². The minimum absolute atomic E-state index is 0.0216. The number of ketones is 1. The molecule has 4 aliphatic rings. The largest absolute Gasteiger partial charge is 0.492 e. The van der Waals surface area contributed by atoms with Crippen molar-refractivity contribution in [3.05, 3.63) is 341 Å². The number of aryl methyl sites for hydroxylation is 4. The van der Waals surface area contributed by atoms with E-state index in [4.69, 9.17) is 28.4 Å². The number of morpholine rings is 3. The molecule has 0 atom stereocenters. The van der Waals surface area contributed by atoms with Crippen LogP contribution in [0.25, 0.3) is 44.5 Å². The molecule has 7 heterocycles. The highest BCUT2D eigenvalue weighted by Gasteiger charge is 2.19. The lowest BCUT2D eigenvalue weighted by Crippen LogP contribution is -2.45. The first-order chi connectivity index (χ1) is 63.5. The number of hydrogen-bond donors (Lipinski definition) is 3. The van der Waals surface area contributed by atoms with Gasteiger partial charge < -0.3 is 54.2 Å². The zero-order valence-corrected chi connectivity index (χ0v) is 75.4. The second-order valence-electron chi connectivity index (χ2n) is 33.3. The Hall–Kier alpha value is -12.6. The molecule has 0 radical (unpaired) electrons. The number of benzene rings is 9. The molecule has 16 rings (SSSR count). The van der Waals surface area contributed by atoms with E-state index in [2.05, 4.69) is 117 Å². The second kappa shape index (κ2) is 50.9. The number of carbonyl (C=O) groups excluding carboxylic acids is 4. The summed E-state index contributed by atoms with van der Waals surface area (Å²) >= 11 is 0. The Morgan fingerprint density at radius 2 is 0.731 bits per heavy atom. The van der Waals surface area contributed by atoms with Gasteiger partial charge in [0.2, 0.25) is 17.7 Å². The van der Waals surface area contributed by atoms with Crippen molar-refractivity contribution in [3.63, 3.8) is 0 Å². The van der Waals surface area contributed by atoms with E-state index in [1.54, 1.807) is 6.07 Å². The monoisotopic (exact) mass is 1750 g/mol. The number of nitrogens with zero attached hydrogens (tertiary/aromatic N) is 8. The van der Waals surface area contributed by atoms with Crippen molar-refractivity contribution in [2.75, 3.05) is 156 Å². The molecule has 0 bridgehead atoms. The number of amides is 3. The number of ether oxygens (including phenoxy) is 6. The summed E-state index contributed by atoms with van der Waals surface area (Å²) in [5, 5.41) is 8.89. The number of likely N-dealkylation sites (N-methyl/N-ethyl adjacent to an activating group) is 1. The molecule has 3 aromatic heterocycles. The van der Waals surface area contributed by atoms with Gasteiger partial charge in [-0.15, -0.1) is 0 Å². The maximum Gasteiger partial charge on any atom is 0.226 e. The number of hydrogen-bond acceptors (Lipinski definition) is 18. The summed E-state index contributed by atoms with van der Waals surface area (Å²) < 4.78 is 48.5. The van der Waals surface area contributed by atoms with Crippen LogP contribution in [0.4, 0.5) is 10.1 Å². The van der Waals surface area contributed by atoms with Crippen molar-refractivity contribution < 1.29 is 52.0 Å².